The molecule has 0 spiro atoms. The van der Waals surface area contributed by atoms with Crippen molar-refractivity contribution in [2.75, 3.05) is 36.0 Å². The first-order valence-electron chi connectivity index (χ1n) is 7.25. The summed E-state index contributed by atoms with van der Waals surface area (Å²) in [4.78, 5) is 28.4. The summed E-state index contributed by atoms with van der Waals surface area (Å²) >= 11 is 1.29. The van der Waals surface area contributed by atoms with Crippen LogP contribution in [0.2, 0.25) is 0 Å². The Kier molecular flexibility index (Phi) is 4.18. The van der Waals surface area contributed by atoms with Gasteiger partial charge in [0.2, 0.25) is 0 Å². The second-order valence-electron chi connectivity index (χ2n) is 5.33. The number of H-pyrrole nitrogens is 1. The second kappa shape index (κ2) is 6.29. The van der Waals surface area contributed by atoms with Crippen LogP contribution in [0.1, 0.15) is 11.3 Å². The molecule has 0 bridgehead atoms. The van der Waals surface area contributed by atoms with Crippen molar-refractivity contribution in [1.29, 1.82) is 5.26 Å². The molecular weight excluding hydrogens is 332 g/mol. The molecule has 124 valence electrons. The Hall–Kier alpha value is -2.93. The van der Waals surface area contributed by atoms with E-state index in [1.807, 2.05) is 4.90 Å². The van der Waals surface area contributed by atoms with E-state index in [0.717, 1.165) is 5.00 Å². The van der Waals surface area contributed by atoms with Gasteiger partial charge in [0.25, 0.3) is 0 Å². The van der Waals surface area contributed by atoms with E-state index in [4.69, 9.17) is 0 Å². The molecule has 9 nitrogen and oxygen atoms in total. The van der Waals surface area contributed by atoms with Crippen LogP contribution in [0, 0.1) is 28.4 Å². The summed E-state index contributed by atoms with van der Waals surface area (Å²) in [7, 11) is 0. The summed E-state index contributed by atoms with van der Waals surface area (Å²) < 4.78 is 4.22. The van der Waals surface area contributed by atoms with Gasteiger partial charge in [-0.1, -0.05) is 0 Å². The maximum atomic E-state index is 11.7. The van der Waals surface area contributed by atoms with Crippen LogP contribution < -0.4 is 15.4 Å². The maximum Gasteiger partial charge on any atom is 0.356 e. The highest BCUT2D eigenvalue weighted by Gasteiger charge is 2.28. The zero-order valence-electron chi connectivity index (χ0n) is 12.9. The number of nitrogens with zero attached hydrogens (tertiary/aromatic N) is 5. The van der Waals surface area contributed by atoms with Crippen molar-refractivity contribution >= 4 is 27.9 Å². The lowest BCUT2D eigenvalue weighted by atomic mass is 10.2. The normalized spacial score (nSPS) is 14.5. The van der Waals surface area contributed by atoms with Crippen molar-refractivity contribution in [3.8, 4) is 6.07 Å². The van der Waals surface area contributed by atoms with Crippen molar-refractivity contribution in [1.82, 2.24) is 9.36 Å². The molecule has 3 heterocycles. The van der Waals surface area contributed by atoms with Crippen LogP contribution in [0.4, 0.5) is 16.4 Å². The van der Waals surface area contributed by atoms with E-state index in [1.165, 1.54) is 17.7 Å². The summed E-state index contributed by atoms with van der Waals surface area (Å²) in [5, 5.41) is 21.2. The van der Waals surface area contributed by atoms with Crippen LogP contribution in [-0.2, 0) is 0 Å². The van der Waals surface area contributed by atoms with Crippen LogP contribution >= 0.6 is 11.5 Å². The molecule has 0 saturated carbocycles. The van der Waals surface area contributed by atoms with E-state index in [2.05, 4.69) is 20.3 Å². The molecule has 1 N–H and O–H groups in total. The van der Waals surface area contributed by atoms with Crippen molar-refractivity contribution in [2.45, 2.75) is 6.92 Å². The van der Waals surface area contributed by atoms with Gasteiger partial charge >= 0.3 is 11.2 Å². The van der Waals surface area contributed by atoms with Gasteiger partial charge < -0.3 is 14.8 Å². The minimum absolute atomic E-state index is 0.324. The van der Waals surface area contributed by atoms with Crippen LogP contribution in [-0.4, -0.2) is 40.5 Å². The van der Waals surface area contributed by atoms with Crippen LogP contribution in [0.3, 0.4) is 0 Å². The van der Waals surface area contributed by atoms with Crippen LogP contribution in [0.25, 0.3) is 0 Å². The van der Waals surface area contributed by atoms with Crippen molar-refractivity contribution in [3.05, 3.63) is 44.0 Å². The molecule has 24 heavy (non-hydrogen) atoms. The van der Waals surface area contributed by atoms with Gasteiger partial charge in [-0.2, -0.15) is 9.64 Å². The number of hydrogen-bond donors (Lipinski definition) is 1. The number of aryl methyl sites for hydroxylation is 1. The Morgan fingerprint density at radius 1 is 1.38 bits per heavy atom. The van der Waals surface area contributed by atoms with E-state index in [1.54, 1.807) is 13.0 Å². The van der Waals surface area contributed by atoms with Gasteiger partial charge in [-0.15, -0.1) is 0 Å². The van der Waals surface area contributed by atoms with Crippen LogP contribution in [0.15, 0.2) is 17.1 Å². The van der Waals surface area contributed by atoms with Crippen LogP contribution in [0.5, 0.6) is 0 Å². The Morgan fingerprint density at radius 2 is 2.04 bits per heavy atom. The lowest BCUT2D eigenvalue weighted by molar-refractivity contribution is -0.385. The summed E-state index contributed by atoms with van der Waals surface area (Å²) in [6, 6.07) is 3.72. The predicted molar refractivity (Wildman–Crippen MR) is 89.7 cm³/mol. The number of rotatable bonds is 3. The molecule has 0 aromatic carbocycles. The van der Waals surface area contributed by atoms with Crippen molar-refractivity contribution < 1.29 is 4.92 Å². The minimum Gasteiger partial charge on any atom is -0.362 e. The molecule has 10 heteroatoms. The molecule has 3 rings (SSSR count). The Balaban J connectivity index is 1.81. The molecule has 0 aliphatic carbocycles. The van der Waals surface area contributed by atoms with Crippen molar-refractivity contribution in [3.63, 3.8) is 0 Å². The molecule has 0 unspecified atom stereocenters. The number of aromatic nitrogens is 2. The molecule has 2 aromatic heterocycles. The van der Waals surface area contributed by atoms with E-state index in [0.29, 0.717) is 43.1 Å². The lowest BCUT2D eigenvalue weighted by Gasteiger charge is -2.36. The van der Waals surface area contributed by atoms with Gasteiger partial charge in [0.1, 0.15) is 22.3 Å². The Bertz CT molecular complexity index is 875. The van der Waals surface area contributed by atoms with E-state index in [9.17, 15) is 20.2 Å². The molecule has 2 aromatic rings. The molecule has 0 amide bonds. The van der Waals surface area contributed by atoms with E-state index < -0.39 is 16.2 Å². The zero-order valence-corrected chi connectivity index (χ0v) is 13.7. The lowest BCUT2D eigenvalue weighted by Crippen LogP contribution is -2.47. The molecule has 1 fully saturated rings. The number of anilines is 2. The van der Waals surface area contributed by atoms with Gasteiger partial charge in [-0.3, -0.25) is 14.9 Å². The minimum atomic E-state index is -0.704. The van der Waals surface area contributed by atoms with Gasteiger partial charge in [0, 0.05) is 32.4 Å². The maximum absolute atomic E-state index is 11.7. The molecule has 1 aliphatic heterocycles. The van der Waals surface area contributed by atoms with Gasteiger partial charge in [0.05, 0.1) is 10.6 Å². The average molecular weight is 346 g/mol. The number of nitriles is 1. The summed E-state index contributed by atoms with van der Waals surface area (Å²) in [6.07, 6.45) is 1.41. The van der Waals surface area contributed by atoms with Gasteiger partial charge in [0.15, 0.2) is 0 Å². The van der Waals surface area contributed by atoms with E-state index in [-0.39, 0.29) is 0 Å². The summed E-state index contributed by atoms with van der Waals surface area (Å²) in [5.41, 5.74) is 0.479. The third kappa shape index (κ3) is 2.69. The first-order chi connectivity index (χ1) is 11.5. The molecule has 0 atom stereocenters. The Labute approximate surface area is 141 Å². The molecule has 0 radical (unpaired) electrons. The third-order valence-electron chi connectivity index (χ3n) is 3.96. The largest absolute Gasteiger partial charge is 0.362 e. The first-order valence-corrected chi connectivity index (χ1v) is 8.02. The van der Waals surface area contributed by atoms with Crippen molar-refractivity contribution in [2.24, 2.45) is 0 Å². The summed E-state index contributed by atoms with van der Waals surface area (Å²) in [5.74, 6) is 0. The van der Waals surface area contributed by atoms with E-state index >= 15 is 0 Å². The molecular formula is C14H14N6O3S. The number of aromatic amines is 1. The number of nitrogens with one attached hydrogen (secondary N) is 1. The second-order valence-corrected chi connectivity index (χ2v) is 6.08. The molecule has 1 saturated heterocycles. The highest BCUT2D eigenvalue weighted by molar-refractivity contribution is 7.10. The van der Waals surface area contributed by atoms with Gasteiger partial charge in [-0.25, -0.2) is 0 Å². The number of piperazine rings is 1. The number of nitro groups is 1. The SMILES string of the molecule is Cc1nsc(N2CCN(c3cc[nH]c(=O)c3[N+](=O)[O-])CC2)c1C#N. The average Bonchev–Trinajstić information content (AvgIpc) is 2.95. The standard InChI is InChI=1S/C14H14N6O3S/c1-9-10(8-15)14(24-17-9)19-6-4-18(5-7-19)11-2-3-16-13(21)12(11)20(22)23/h2-3H,4-7H2,1H3,(H,16,21). The number of hydrogen-bond acceptors (Lipinski definition) is 8. The smallest absolute Gasteiger partial charge is 0.356 e. The highest BCUT2D eigenvalue weighted by atomic mass is 32.1. The fourth-order valence-corrected chi connectivity index (χ4v) is 3.64. The highest BCUT2D eigenvalue weighted by Crippen LogP contribution is 2.30. The number of pyridine rings is 1. The third-order valence-corrected chi connectivity index (χ3v) is 4.96. The quantitative estimate of drug-likeness (QED) is 0.656. The fraction of sp³-hybridized carbons (Fsp3) is 0.357. The van der Waals surface area contributed by atoms with Gasteiger partial charge in [-0.05, 0) is 24.5 Å². The predicted octanol–water partition coefficient (Wildman–Crippen LogP) is 1.25. The Morgan fingerprint density at radius 3 is 2.67 bits per heavy atom. The monoisotopic (exact) mass is 346 g/mol. The first kappa shape index (κ1) is 15.9. The zero-order chi connectivity index (χ0) is 17.3. The topological polar surface area (TPSA) is 119 Å². The summed E-state index contributed by atoms with van der Waals surface area (Å²) in [6.45, 7) is 4.03. The molecule has 1 aliphatic rings. The fourth-order valence-electron chi connectivity index (χ4n) is 2.74.